The van der Waals surface area contributed by atoms with E-state index in [0.29, 0.717) is 0 Å². The van der Waals surface area contributed by atoms with Gasteiger partial charge in [-0.3, -0.25) is 0 Å². The topological polar surface area (TPSA) is 32.3 Å². The number of hydrogen-bond donors (Lipinski definition) is 2. The average molecular weight is 115 g/mol. The van der Waals surface area contributed by atoms with Crippen molar-refractivity contribution in [2.24, 2.45) is 0 Å². The van der Waals surface area contributed by atoms with E-state index in [2.05, 4.69) is 19.2 Å². The van der Waals surface area contributed by atoms with Crippen molar-refractivity contribution in [2.45, 2.75) is 31.9 Å². The molecule has 0 aromatic carbocycles. The third-order valence-electron chi connectivity index (χ3n) is 1.56. The molecular formula is C6H13NO. The third kappa shape index (κ3) is 1.20. The summed E-state index contributed by atoms with van der Waals surface area (Å²) in [5.74, 6) is 0. The molecule has 1 fully saturated rings. The van der Waals surface area contributed by atoms with Gasteiger partial charge in [-0.2, -0.15) is 0 Å². The number of aliphatic hydroxyl groups is 1. The summed E-state index contributed by atoms with van der Waals surface area (Å²) in [6, 6.07) is 0. The normalized spacial score (nSPS) is 35.6. The molecule has 0 spiro atoms. The predicted molar refractivity (Wildman–Crippen MR) is 32.7 cm³/mol. The zero-order valence-electron chi connectivity index (χ0n) is 5.44. The van der Waals surface area contributed by atoms with Crippen LogP contribution in [-0.2, 0) is 0 Å². The molecule has 8 heavy (non-hydrogen) atoms. The van der Waals surface area contributed by atoms with E-state index in [1.165, 1.54) is 0 Å². The largest absolute Gasteiger partial charge is 0.392 e. The molecule has 0 amide bonds. The molecule has 1 saturated heterocycles. The lowest BCUT2D eigenvalue weighted by molar-refractivity contribution is 0.188. The second-order valence-corrected chi connectivity index (χ2v) is 3.12. The van der Waals surface area contributed by atoms with Crippen molar-refractivity contribution in [1.29, 1.82) is 0 Å². The Labute approximate surface area is 49.9 Å². The summed E-state index contributed by atoms with van der Waals surface area (Å²) in [7, 11) is 0. The van der Waals surface area contributed by atoms with E-state index in [-0.39, 0.29) is 11.6 Å². The van der Waals surface area contributed by atoms with Crippen LogP contribution in [-0.4, -0.2) is 23.3 Å². The molecule has 1 aliphatic heterocycles. The van der Waals surface area contributed by atoms with Gasteiger partial charge in [0.05, 0.1) is 6.10 Å². The number of β-amino-alcohol motifs (C(OH)–C–C–N with tert-alkyl or cyclic N) is 1. The van der Waals surface area contributed by atoms with E-state index in [1.54, 1.807) is 0 Å². The summed E-state index contributed by atoms with van der Waals surface area (Å²) < 4.78 is 0. The highest BCUT2D eigenvalue weighted by Crippen LogP contribution is 2.16. The average Bonchev–Trinajstić information content (AvgIpc) is 1.82. The molecule has 2 nitrogen and oxygen atoms in total. The first-order valence-corrected chi connectivity index (χ1v) is 3.03. The minimum absolute atomic E-state index is 0.120. The monoisotopic (exact) mass is 115 g/mol. The van der Waals surface area contributed by atoms with E-state index in [1.807, 2.05) is 0 Å². The van der Waals surface area contributed by atoms with Gasteiger partial charge < -0.3 is 10.4 Å². The molecule has 1 aliphatic rings. The molecule has 0 saturated carbocycles. The van der Waals surface area contributed by atoms with Gasteiger partial charge in [-0.05, 0) is 20.3 Å². The highest BCUT2D eigenvalue weighted by atomic mass is 16.3. The SMILES string of the molecule is CC1(C)CC(O)CN1. The van der Waals surface area contributed by atoms with Gasteiger partial charge in [-0.25, -0.2) is 0 Å². The molecule has 1 heterocycles. The summed E-state index contributed by atoms with van der Waals surface area (Å²) in [4.78, 5) is 0. The summed E-state index contributed by atoms with van der Waals surface area (Å²) in [6.07, 6.45) is 0.762. The maximum absolute atomic E-state index is 9.00. The summed E-state index contributed by atoms with van der Waals surface area (Å²) in [6.45, 7) is 4.96. The smallest absolute Gasteiger partial charge is 0.0682 e. The second kappa shape index (κ2) is 1.71. The highest BCUT2D eigenvalue weighted by Gasteiger charge is 2.28. The Morgan fingerprint density at radius 2 is 2.25 bits per heavy atom. The van der Waals surface area contributed by atoms with Crippen molar-refractivity contribution < 1.29 is 5.11 Å². The number of rotatable bonds is 0. The van der Waals surface area contributed by atoms with Crippen molar-refractivity contribution in [2.75, 3.05) is 6.54 Å². The number of aliphatic hydroxyl groups excluding tert-OH is 1. The van der Waals surface area contributed by atoms with Crippen LogP contribution in [0.15, 0.2) is 0 Å². The molecule has 1 rings (SSSR count). The Hall–Kier alpha value is -0.0800. The van der Waals surface area contributed by atoms with Crippen LogP contribution in [0.5, 0.6) is 0 Å². The van der Waals surface area contributed by atoms with Crippen molar-refractivity contribution in [3.8, 4) is 0 Å². The maximum Gasteiger partial charge on any atom is 0.0682 e. The Morgan fingerprint density at radius 1 is 1.62 bits per heavy atom. The van der Waals surface area contributed by atoms with Crippen LogP contribution in [0.25, 0.3) is 0 Å². The van der Waals surface area contributed by atoms with Gasteiger partial charge in [0.15, 0.2) is 0 Å². The zero-order valence-corrected chi connectivity index (χ0v) is 5.44. The van der Waals surface area contributed by atoms with Gasteiger partial charge in [-0.1, -0.05) is 0 Å². The Morgan fingerprint density at radius 3 is 2.38 bits per heavy atom. The lowest BCUT2D eigenvalue weighted by Gasteiger charge is -2.15. The molecule has 2 heteroatoms. The van der Waals surface area contributed by atoms with Crippen LogP contribution in [0, 0.1) is 0 Å². The van der Waals surface area contributed by atoms with E-state index in [0.717, 1.165) is 13.0 Å². The summed E-state index contributed by atoms with van der Waals surface area (Å²) in [5, 5.41) is 12.2. The van der Waals surface area contributed by atoms with Crippen LogP contribution in [0.4, 0.5) is 0 Å². The van der Waals surface area contributed by atoms with Crippen LogP contribution in [0.3, 0.4) is 0 Å². The molecule has 1 atom stereocenters. The van der Waals surface area contributed by atoms with Crippen molar-refractivity contribution >= 4 is 0 Å². The second-order valence-electron chi connectivity index (χ2n) is 3.12. The van der Waals surface area contributed by atoms with E-state index < -0.39 is 0 Å². The van der Waals surface area contributed by atoms with Crippen LogP contribution < -0.4 is 5.32 Å². The van der Waals surface area contributed by atoms with Gasteiger partial charge in [0, 0.05) is 12.1 Å². The van der Waals surface area contributed by atoms with E-state index >= 15 is 0 Å². The fourth-order valence-electron chi connectivity index (χ4n) is 1.13. The van der Waals surface area contributed by atoms with E-state index in [4.69, 9.17) is 5.11 Å². The molecule has 48 valence electrons. The Kier molecular flexibility index (Phi) is 1.29. The molecule has 0 radical (unpaired) electrons. The molecule has 0 bridgehead atoms. The minimum Gasteiger partial charge on any atom is -0.392 e. The van der Waals surface area contributed by atoms with Gasteiger partial charge in [-0.15, -0.1) is 0 Å². The standard InChI is InChI=1S/C6H13NO/c1-6(2)3-5(8)4-7-6/h5,7-8H,3-4H2,1-2H3. The first kappa shape index (κ1) is 6.05. The summed E-state index contributed by atoms with van der Waals surface area (Å²) in [5.41, 5.74) is 0.166. The lowest BCUT2D eigenvalue weighted by Crippen LogP contribution is -2.31. The van der Waals surface area contributed by atoms with E-state index in [9.17, 15) is 0 Å². The van der Waals surface area contributed by atoms with Crippen LogP contribution in [0.1, 0.15) is 20.3 Å². The molecule has 1 unspecified atom stereocenters. The van der Waals surface area contributed by atoms with Gasteiger partial charge in [0.1, 0.15) is 0 Å². The first-order chi connectivity index (χ1) is 3.60. The minimum atomic E-state index is -0.120. The quantitative estimate of drug-likeness (QED) is 0.470. The lowest BCUT2D eigenvalue weighted by atomic mass is 10.0. The van der Waals surface area contributed by atoms with Crippen LogP contribution in [0.2, 0.25) is 0 Å². The molecule has 0 aliphatic carbocycles. The third-order valence-corrected chi connectivity index (χ3v) is 1.56. The Balaban J connectivity index is 2.44. The van der Waals surface area contributed by atoms with Crippen molar-refractivity contribution in [3.05, 3.63) is 0 Å². The maximum atomic E-state index is 9.00. The van der Waals surface area contributed by atoms with Crippen LogP contribution >= 0.6 is 0 Å². The molecule has 0 aromatic heterocycles. The van der Waals surface area contributed by atoms with Gasteiger partial charge in [0.25, 0.3) is 0 Å². The number of hydrogen-bond acceptors (Lipinski definition) is 2. The fraction of sp³-hybridized carbons (Fsp3) is 1.00. The zero-order chi connectivity index (χ0) is 6.20. The van der Waals surface area contributed by atoms with Crippen molar-refractivity contribution in [1.82, 2.24) is 5.32 Å². The fourth-order valence-corrected chi connectivity index (χ4v) is 1.13. The van der Waals surface area contributed by atoms with Crippen molar-refractivity contribution in [3.63, 3.8) is 0 Å². The number of nitrogens with one attached hydrogen (secondary N) is 1. The molecular weight excluding hydrogens is 102 g/mol. The highest BCUT2D eigenvalue weighted by molar-refractivity contribution is 4.88. The summed E-state index contributed by atoms with van der Waals surface area (Å²) >= 11 is 0. The van der Waals surface area contributed by atoms with Gasteiger partial charge in [0.2, 0.25) is 0 Å². The molecule has 0 aromatic rings. The molecule has 2 N–H and O–H groups in total. The first-order valence-electron chi connectivity index (χ1n) is 3.03. The predicted octanol–water partition coefficient (Wildman–Crippen LogP) is 0.119. The Bertz CT molecular complexity index is 90.5. The van der Waals surface area contributed by atoms with Gasteiger partial charge >= 0.3 is 0 Å².